The van der Waals surface area contributed by atoms with Crippen LogP contribution in [-0.4, -0.2) is 34.0 Å². The average Bonchev–Trinajstić information content (AvgIpc) is 2.34. The van der Waals surface area contributed by atoms with Crippen molar-refractivity contribution < 1.29 is 4.92 Å². The normalized spacial score (nSPS) is 10.7. The lowest BCUT2D eigenvalue weighted by Gasteiger charge is -2.27. The van der Waals surface area contributed by atoms with E-state index in [1.807, 2.05) is 32.6 Å². The molecule has 0 bridgehead atoms. The fourth-order valence-corrected chi connectivity index (χ4v) is 2.05. The minimum absolute atomic E-state index is 0.00574. The highest BCUT2D eigenvalue weighted by Gasteiger charge is 2.27. The summed E-state index contributed by atoms with van der Waals surface area (Å²) in [5, 5.41) is 14.3. The molecule has 1 N–H and O–H groups in total. The summed E-state index contributed by atoms with van der Waals surface area (Å²) >= 11 is 0. The smallest absolute Gasteiger partial charge is 0.332 e. The molecule has 7 nitrogen and oxygen atoms in total. The molecule has 0 atom stereocenters. The predicted octanol–water partition coefficient (Wildman–Crippen LogP) is 2.75. The van der Waals surface area contributed by atoms with E-state index in [-0.39, 0.29) is 11.7 Å². The van der Waals surface area contributed by atoms with Crippen LogP contribution in [0.5, 0.6) is 0 Å². The summed E-state index contributed by atoms with van der Waals surface area (Å²) in [4.78, 5) is 21.4. The molecule has 0 aromatic carbocycles. The molecule has 0 saturated heterocycles. The van der Waals surface area contributed by atoms with Gasteiger partial charge >= 0.3 is 5.69 Å². The number of rotatable bonds is 7. The fraction of sp³-hybridized carbons (Fsp3) is 0.692. The molecule has 112 valence electrons. The van der Waals surface area contributed by atoms with Crippen molar-refractivity contribution in [2.24, 2.45) is 0 Å². The Kier molecular flexibility index (Phi) is 5.66. The molecule has 1 aromatic heterocycles. The zero-order chi connectivity index (χ0) is 15.3. The second kappa shape index (κ2) is 7.02. The van der Waals surface area contributed by atoms with Gasteiger partial charge in [0.1, 0.15) is 5.69 Å². The van der Waals surface area contributed by atoms with Crippen molar-refractivity contribution >= 4 is 17.5 Å². The molecule has 0 radical (unpaired) electrons. The van der Waals surface area contributed by atoms with E-state index in [1.54, 1.807) is 6.92 Å². The Morgan fingerprint density at radius 3 is 2.45 bits per heavy atom. The second-order valence-corrected chi connectivity index (χ2v) is 4.88. The first-order valence-corrected chi connectivity index (χ1v) is 6.95. The molecule has 0 unspecified atom stereocenters. The maximum atomic E-state index is 11.3. The van der Waals surface area contributed by atoms with E-state index in [9.17, 15) is 10.1 Å². The van der Waals surface area contributed by atoms with Crippen molar-refractivity contribution in [3.63, 3.8) is 0 Å². The molecule has 0 aliphatic heterocycles. The number of aromatic nitrogens is 2. The van der Waals surface area contributed by atoms with E-state index in [4.69, 9.17) is 0 Å². The summed E-state index contributed by atoms with van der Waals surface area (Å²) in [6.07, 6.45) is 0.898. The highest BCUT2D eigenvalue weighted by atomic mass is 16.6. The van der Waals surface area contributed by atoms with E-state index in [0.717, 1.165) is 13.0 Å². The maximum absolute atomic E-state index is 11.3. The van der Waals surface area contributed by atoms with Gasteiger partial charge in [-0.15, -0.1) is 0 Å². The number of anilines is 2. The monoisotopic (exact) mass is 281 g/mol. The van der Waals surface area contributed by atoms with Gasteiger partial charge < -0.3 is 10.2 Å². The zero-order valence-corrected chi connectivity index (χ0v) is 12.8. The van der Waals surface area contributed by atoms with Gasteiger partial charge in [-0.2, -0.15) is 4.98 Å². The molecule has 0 fully saturated rings. The molecule has 7 heteroatoms. The van der Waals surface area contributed by atoms with Gasteiger partial charge in [-0.3, -0.25) is 10.1 Å². The van der Waals surface area contributed by atoms with E-state index in [1.165, 1.54) is 0 Å². The molecule has 0 spiro atoms. The van der Waals surface area contributed by atoms with Crippen LogP contribution in [0.15, 0.2) is 0 Å². The van der Waals surface area contributed by atoms with E-state index >= 15 is 0 Å². The Bertz CT molecular complexity index is 476. The molecule has 1 heterocycles. The number of nitrogens with zero attached hydrogens (tertiary/aromatic N) is 4. The Labute approximate surface area is 119 Å². The molecular weight excluding hydrogens is 258 g/mol. The van der Waals surface area contributed by atoms with Gasteiger partial charge in [-0.05, 0) is 34.1 Å². The Morgan fingerprint density at radius 1 is 1.35 bits per heavy atom. The van der Waals surface area contributed by atoms with Crippen LogP contribution in [-0.2, 0) is 0 Å². The minimum atomic E-state index is -0.397. The van der Waals surface area contributed by atoms with Crippen LogP contribution in [0, 0.1) is 17.0 Å². The fourth-order valence-electron chi connectivity index (χ4n) is 2.05. The van der Waals surface area contributed by atoms with Crippen LogP contribution < -0.4 is 10.2 Å². The summed E-state index contributed by atoms with van der Waals surface area (Å²) in [6, 6.07) is 0.137. The number of nitro groups is 1. The number of hydrogen-bond donors (Lipinski definition) is 1. The van der Waals surface area contributed by atoms with Crippen molar-refractivity contribution in [2.45, 2.75) is 47.1 Å². The molecule has 1 aromatic rings. The molecular formula is C13H23N5O2. The van der Waals surface area contributed by atoms with Crippen LogP contribution in [0.1, 0.15) is 39.8 Å². The third-order valence-corrected chi connectivity index (χ3v) is 2.92. The number of hydrogen-bond acceptors (Lipinski definition) is 6. The summed E-state index contributed by atoms with van der Waals surface area (Å²) in [5.74, 6) is 0.836. The second-order valence-electron chi connectivity index (χ2n) is 4.88. The topological polar surface area (TPSA) is 84.2 Å². The third kappa shape index (κ3) is 3.55. The Balaban J connectivity index is 3.41. The number of aryl methyl sites for hydroxylation is 1. The van der Waals surface area contributed by atoms with Crippen LogP contribution in [0.3, 0.4) is 0 Å². The largest absolute Gasteiger partial charge is 0.354 e. The predicted molar refractivity (Wildman–Crippen MR) is 80.4 cm³/mol. The molecule has 0 saturated carbocycles. The Hall–Kier alpha value is -1.92. The van der Waals surface area contributed by atoms with Gasteiger partial charge in [0.05, 0.1) is 4.92 Å². The van der Waals surface area contributed by atoms with Crippen LogP contribution >= 0.6 is 0 Å². The van der Waals surface area contributed by atoms with Crippen molar-refractivity contribution in [2.75, 3.05) is 23.3 Å². The van der Waals surface area contributed by atoms with Gasteiger partial charge in [0.25, 0.3) is 0 Å². The minimum Gasteiger partial charge on any atom is -0.354 e. The zero-order valence-electron chi connectivity index (χ0n) is 12.8. The molecule has 0 aliphatic carbocycles. The van der Waals surface area contributed by atoms with Crippen LogP contribution in [0.4, 0.5) is 17.5 Å². The first kappa shape index (κ1) is 16.1. The van der Waals surface area contributed by atoms with Crippen molar-refractivity contribution in [3.05, 3.63) is 15.8 Å². The molecule has 20 heavy (non-hydrogen) atoms. The third-order valence-electron chi connectivity index (χ3n) is 2.92. The molecule has 1 rings (SSSR count). The standard InChI is InChI=1S/C13H23N5O2/c1-6-8-17(9(3)4)12-11(18(19)20)10(5)15-13(16-12)14-7-2/h9H,6-8H2,1-5H3,(H,14,15,16). The van der Waals surface area contributed by atoms with Gasteiger partial charge in [-0.25, -0.2) is 4.98 Å². The SMILES string of the molecule is CCCN(c1nc(NCC)nc(C)c1[N+](=O)[O-])C(C)C. The van der Waals surface area contributed by atoms with Gasteiger partial charge in [0.15, 0.2) is 0 Å². The lowest BCUT2D eigenvalue weighted by molar-refractivity contribution is -0.385. The molecule has 0 aliphatic rings. The highest BCUT2D eigenvalue weighted by Crippen LogP contribution is 2.31. The highest BCUT2D eigenvalue weighted by molar-refractivity contribution is 5.62. The first-order chi connectivity index (χ1) is 9.42. The summed E-state index contributed by atoms with van der Waals surface area (Å²) in [5.41, 5.74) is 0.381. The van der Waals surface area contributed by atoms with Crippen LogP contribution in [0.2, 0.25) is 0 Å². The molecule has 0 amide bonds. The number of nitrogens with one attached hydrogen (secondary N) is 1. The maximum Gasteiger partial charge on any atom is 0.332 e. The summed E-state index contributed by atoms with van der Waals surface area (Å²) < 4.78 is 0. The lowest BCUT2D eigenvalue weighted by Crippen LogP contribution is -2.33. The van der Waals surface area contributed by atoms with E-state index in [2.05, 4.69) is 15.3 Å². The van der Waals surface area contributed by atoms with Crippen molar-refractivity contribution in [1.29, 1.82) is 0 Å². The van der Waals surface area contributed by atoms with Crippen LogP contribution in [0.25, 0.3) is 0 Å². The lowest BCUT2D eigenvalue weighted by atomic mass is 10.2. The van der Waals surface area contributed by atoms with E-state index < -0.39 is 4.92 Å². The quantitative estimate of drug-likeness (QED) is 0.611. The summed E-state index contributed by atoms with van der Waals surface area (Å²) in [7, 11) is 0. The van der Waals surface area contributed by atoms with Crippen molar-refractivity contribution in [1.82, 2.24) is 9.97 Å². The van der Waals surface area contributed by atoms with Gasteiger partial charge in [-0.1, -0.05) is 6.92 Å². The first-order valence-electron chi connectivity index (χ1n) is 6.95. The van der Waals surface area contributed by atoms with Gasteiger partial charge in [0, 0.05) is 19.1 Å². The van der Waals surface area contributed by atoms with Gasteiger partial charge in [0.2, 0.25) is 11.8 Å². The summed E-state index contributed by atoms with van der Waals surface area (Å²) in [6.45, 7) is 11.0. The van der Waals surface area contributed by atoms with E-state index in [0.29, 0.717) is 24.0 Å². The Morgan fingerprint density at radius 2 is 2.00 bits per heavy atom. The average molecular weight is 281 g/mol. The van der Waals surface area contributed by atoms with Crippen molar-refractivity contribution in [3.8, 4) is 0 Å².